The minimum absolute atomic E-state index is 0. The zero-order chi connectivity index (χ0) is 19.2. The summed E-state index contributed by atoms with van der Waals surface area (Å²) < 4.78 is 44.9. The quantitative estimate of drug-likeness (QED) is 0.373. The molecule has 11 nitrogen and oxygen atoms in total. The van der Waals surface area contributed by atoms with E-state index in [4.69, 9.17) is 15.2 Å². The first-order valence-electron chi connectivity index (χ1n) is 8.29. The zero-order valence-electron chi connectivity index (χ0n) is 15.8. The molecule has 12 heteroatoms. The Balaban J connectivity index is 0. The van der Waals surface area contributed by atoms with Gasteiger partial charge in [-0.1, -0.05) is 20.8 Å². The molecule has 6 N–H and O–H groups in total. The number of carbonyl (C=O) groups is 1. The first-order chi connectivity index (χ1) is 11.5. The molecule has 0 aromatic rings. The Morgan fingerprint density at radius 3 is 2.11 bits per heavy atom. The van der Waals surface area contributed by atoms with E-state index >= 15 is 0 Å². The van der Waals surface area contributed by atoms with Crippen LogP contribution in [0.1, 0.15) is 33.6 Å². The second kappa shape index (κ2) is 12.6. The number of hydrogen-bond donors (Lipinski definition) is 1. The summed E-state index contributed by atoms with van der Waals surface area (Å²) in [6.07, 6.45) is 0.162. The van der Waals surface area contributed by atoms with Crippen LogP contribution in [-0.2, 0) is 28.9 Å². The van der Waals surface area contributed by atoms with Crippen molar-refractivity contribution in [1.82, 2.24) is 0 Å². The van der Waals surface area contributed by atoms with Crippen molar-refractivity contribution >= 4 is 16.4 Å². The SMILES string of the molecule is CC1CC(COS(=O)(=O)[O-])OCC1N.CC1COC(C(=O)[O-])CC1C.O.O. The molecule has 0 bridgehead atoms. The first-order valence-corrected chi connectivity index (χ1v) is 9.62. The highest BCUT2D eigenvalue weighted by molar-refractivity contribution is 7.80. The van der Waals surface area contributed by atoms with Crippen LogP contribution in [0.5, 0.6) is 0 Å². The van der Waals surface area contributed by atoms with Gasteiger partial charge in [-0.15, -0.1) is 0 Å². The maximum absolute atomic E-state index is 10.4. The lowest BCUT2D eigenvalue weighted by Crippen LogP contribution is -2.43. The molecule has 0 aliphatic carbocycles. The number of rotatable bonds is 4. The van der Waals surface area contributed by atoms with Gasteiger partial charge in [0.25, 0.3) is 0 Å². The van der Waals surface area contributed by atoms with E-state index in [1.165, 1.54) is 0 Å². The first kappa shape index (κ1) is 28.4. The molecule has 0 aromatic heterocycles. The Bertz CT molecular complexity index is 529. The fraction of sp³-hybridized carbons (Fsp3) is 0.933. The number of carboxylic acids is 1. The molecular formula is C15H31NO10S-2. The largest absolute Gasteiger partial charge is 0.726 e. The van der Waals surface area contributed by atoms with Crippen molar-refractivity contribution in [2.75, 3.05) is 19.8 Å². The Kier molecular flexibility index (Phi) is 13.2. The monoisotopic (exact) mass is 417 g/mol. The van der Waals surface area contributed by atoms with Gasteiger partial charge in [0.05, 0.1) is 38.0 Å². The minimum Gasteiger partial charge on any atom is -0.726 e. The van der Waals surface area contributed by atoms with Gasteiger partial charge in [-0.05, 0) is 30.6 Å². The van der Waals surface area contributed by atoms with Gasteiger partial charge in [0, 0.05) is 6.04 Å². The lowest BCUT2D eigenvalue weighted by Gasteiger charge is -2.32. The molecule has 2 saturated heterocycles. The van der Waals surface area contributed by atoms with E-state index in [0.717, 1.165) is 0 Å². The third-order valence-electron chi connectivity index (χ3n) is 4.67. The fourth-order valence-corrected chi connectivity index (χ4v) is 2.90. The zero-order valence-corrected chi connectivity index (χ0v) is 16.6. The van der Waals surface area contributed by atoms with E-state index in [1.807, 2.05) is 13.8 Å². The molecule has 0 amide bonds. The average Bonchev–Trinajstić information content (AvgIpc) is 2.51. The molecule has 0 aromatic carbocycles. The molecule has 2 rings (SSSR count). The van der Waals surface area contributed by atoms with Crippen LogP contribution >= 0.6 is 0 Å². The van der Waals surface area contributed by atoms with E-state index in [9.17, 15) is 22.9 Å². The van der Waals surface area contributed by atoms with Crippen LogP contribution in [0, 0.1) is 17.8 Å². The molecule has 0 saturated carbocycles. The highest BCUT2D eigenvalue weighted by Crippen LogP contribution is 2.24. The van der Waals surface area contributed by atoms with Gasteiger partial charge in [0.15, 0.2) is 0 Å². The summed E-state index contributed by atoms with van der Waals surface area (Å²) in [6, 6.07) is -0.0323. The minimum atomic E-state index is -4.62. The molecule has 6 unspecified atom stereocenters. The molecule has 2 aliphatic rings. The van der Waals surface area contributed by atoms with Crippen molar-refractivity contribution in [3.63, 3.8) is 0 Å². The summed E-state index contributed by atoms with van der Waals surface area (Å²) in [7, 11) is -4.62. The van der Waals surface area contributed by atoms with Gasteiger partial charge in [0.1, 0.15) is 0 Å². The van der Waals surface area contributed by atoms with Crippen LogP contribution in [0.15, 0.2) is 0 Å². The number of carboxylic acid groups (broad SMARTS) is 1. The van der Waals surface area contributed by atoms with Gasteiger partial charge in [0.2, 0.25) is 10.4 Å². The topological polar surface area (TPSA) is 214 Å². The summed E-state index contributed by atoms with van der Waals surface area (Å²) in [5, 5.41) is 10.4. The second-order valence-corrected chi connectivity index (χ2v) is 7.91. The lowest BCUT2D eigenvalue weighted by molar-refractivity contribution is -0.319. The second-order valence-electron chi connectivity index (χ2n) is 6.86. The predicted octanol–water partition coefficient (Wildman–Crippen LogP) is -2.64. The van der Waals surface area contributed by atoms with Crippen LogP contribution in [0.4, 0.5) is 0 Å². The van der Waals surface area contributed by atoms with Gasteiger partial charge in [-0.3, -0.25) is 4.18 Å². The highest BCUT2D eigenvalue weighted by atomic mass is 32.3. The van der Waals surface area contributed by atoms with E-state index in [2.05, 4.69) is 11.1 Å². The van der Waals surface area contributed by atoms with Crippen molar-refractivity contribution in [1.29, 1.82) is 0 Å². The smallest absolute Gasteiger partial charge is 0.217 e. The molecule has 27 heavy (non-hydrogen) atoms. The van der Waals surface area contributed by atoms with E-state index in [0.29, 0.717) is 37.9 Å². The van der Waals surface area contributed by atoms with Crippen molar-refractivity contribution in [2.45, 2.75) is 51.9 Å². The highest BCUT2D eigenvalue weighted by Gasteiger charge is 2.26. The summed E-state index contributed by atoms with van der Waals surface area (Å²) in [5.74, 6) is 0.0488. The van der Waals surface area contributed by atoms with Gasteiger partial charge < -0.3 is 40.6 Å². The Morgan fingerprint density at radius 2 is 1.67 bits per heavy atom. The molecule has 6 atom stereocenters. The van der Waals surface area contributed by atoms with Crippen LogP contribution in [0.25, 0.3) is 0 Å². The lowest BCUT2D eigenvalue weighted by atomic mass is 9.89. The molecule has 0 radical (unpaired) electrons. The third-order valence-corrected chi connectivity index (χ3v) is 5.09. The predicted molar refractivity (Wildman–Crippen MR) is 92.1 cm³/mol. The molecule has 164 valence electrons. The fourth-order valence-electron chi connectivity index (χ4n) is 2.58. The van der Waals surface area contributed by atoms with Gasteiger partial charge >= 0.3 is 0 Å². The van der Waals surface area contributed by atoms with E-state index in [-0.39, 0.29) is 35.6 Å². The summed E-state index contributed by atoms with van der Waals surface area (Å²) in [5.41, 5.74) is 5.68. The normalized spacial score (nSPS) is 33.5. The molecule has 2 heterocycles. The number of ether oxygens (including phenoxy) is 2. The molecule has 0 spiro atoms. The third kappa shape index (κ3) is 10.9. The van der Waals surface area contributed by atoms with Crippen LogP contribution in [0.3, 0.4) is 0 Å². The van der Waals surface area contributed by atoms with Crippen molar-refractivity contribution in [2.24, 2.45) is 23.5 Å². The van der Waals surface area contributed by atoms with E-state index < -0.39 is 22.5 Å². The van der Waals surface area contributed by atoms with Crippen molar-refractivity contribution in [3.05, 3.63) is 0 Å². The maximum Gasteiger partial charge on any atom is 0.217 e. The maximum atomic E-state index is 10.4. The molecule has 2 aliphatic heterocycles. The summed E-state index contributed by atoms with van der Waals surface area (Å²) in [4.78, 5) is 10.4. The standard InChI is InChI=1S/C8H14O3.C7H15NO5S.2H2O/c1-5-3-7(8(9)10)11-4-6(5)2;1-5-2-6(12-4-7(5)8)3-13-14(9,10)11;;/h5-7H,3-4H2,1-2H3,(H,9,10);5-7H,2-4,8H2,1H3,(H,9,10,11);2*1H2/p-2. The summed E-state index contributed by atoms with van der Waals surface area (Å²) in [6.45, 7) is 6.75. The van der Waals surface area contributed by atoms with Crippen molar-refractivity contribution in [3.8, 4) is 0 Å². The van der Waals surface area contributed by atoms with E-state index in [1.54, 1.807) is 0 Å². The molecular weight excluding hydrogens is 386 g/mol. The Hall–Kier alpha value is -0.860. The van der Waals surface area contributed by atoms with Crippen LogP contribution in [-0.4, -0.2) is 68.0 Å². The average molecular weight is 417 g/mol. The molecule has 2 fully saturated rings. The number of carbonyl (C=O) groups excluding carboxylic acids is 1. The number of aliphatic carboxylic acids is 1. The van der Waals surface area contributed by atoms with Gasteiger partial charge in [-0.25, -0.2) is 8.42 Å². The van der Waals surface area contributed by atoms with Crippen LogP contribution < -0.4 is 10.8 Å². The van der Waals surface area contributed by atoms with Gasteiger partial charge in [-0.2, -0.15) is 0 Å². The summed E-state index contributed by atoms with van der Waals surface area (Å²) >= 11 is 0. The van der Waals surface area contributed by atoms with Crippen LogP contribution in [0.2, 0.25) is 0 Å². The van der Waals surface area contributed by atoms with Crippen molar-refractivity contribution < 1.29 is 47.5 Å². The number of hydrogen-bond acceptors (Lipinski definition) is 9. The number of nitrogens with two attached hydrogens (primary N) is 1. The Morgan fingerprint density at radius 1 is 1.07 bits per heavy atom. The Labute approximate surface area is 159 Å².